The lowest BCUT2D eigenvalue weighted by Crippen LogP contribution is -2.21. The number of hydrogen-bond acceptors (Lipinski definition) is 6. The average Bonchev–Trinajstić information content (AvgIpc) is 3.07. The summed E-state index contributed by atoms with van der Waals surface area (Å²) >= 11 is 0. The van der Waals surface area contributed by atoms with Crippen LogP contribution in [0.1, 0.15) is 41.2 Å². The molecule has 0 aliphatic rings. The molecule has 0 bridgehead atoms. The summed E-state index contributed by atoms with van der Waals surface area (Å²) in [5, 5.41) is 7.33. The topological polar surface area (TPSA) is 91.7 Å². The molecule has 0 aliphatic heterocycles. The number of benzene rings is 2. The number of nitrogens with one attached hydrogen (secondary N) is 1. The molecule has 3 rings (SSSR count). The van der Waals surface area contributed by atoms with Gasteiger partial charge in [0, 0.05) is 0 Å². The highest BCUT2D eigenvalue weighted by Gasteiger charge is 2.18. The summed E-state index contributed by atoms with van der Waals surface area (Å²) in [6.07, 6.45) is 0. The third kappa shape index (κ3) is 5.71. The highest BCUT2D eigenvalue weighted by Crippen LogP contribution is 2.29. The van der Waals surface area contributed by atoms with E-state index in [0.29, 0.717) is 36.1 Å². The largest absolute Gasteiger partial charge is 0.490 e. The molecule has 1 N–H and O–H groups in total. The van der Waals surface area contributed by atoms with Crippen molar-refractivity contribution in [1.29, 1.82) is 0 Å². The van der Waals surface area contributed by atoms with Crippen molar-refractivity contribution in [3.8, 4) is 17.2 Å². The number of carbonyl (C=O) groups is 2. The van der Waals surface area contributed by atoms with Gasteiger partial charge in [-0.1, -0.05) is 17.7 Å². The maximum atomic E-state index is 12.5. The first-order chi connectivity index (χ1) is 15.8. The Morgan fingerprint density at radius 2 is 1.61 bits per heavy atom. The van der Waals surface area contributed by atoms with Crippen molar-refractivity contribution >= 4 is 17.6 Å². The highest BCUT2D eigenvalue weighted by molar-refractivity contribution is 5.96. The number of carbonyl (C=O) groups excluding carboxylic acids is 2. The van der Waals surface area contributed by atoms with Crippen molar-refractivity contribution in [1.82, 2.24) is 9.78 Å². The van der Waals surface area contributed by atoms with Crippen LogP contribution >= 0.6 is 0 Å². The van der Waals surface area contributed by atoms with E-state index in [1.807, 2.05) is 58.9 Å². The molecule has 1 aromatic heterocycles. The number of esters is 1. The zero-order valence-corrected chi connectivity index (χ0v) is 19.6. The molecule has 0 saturated heterocycles. The smallest absolute Gasteiger partial charge is 0.338 e. The Morgan fingerprint density at radius 1 is 0.939 bits per heavy atom. The van der Waals surface area contributed by atoms with Crippen LogP contribution in [0.15, 0.2) is 42.5 Å². The van der Waals surface area contributed by atoms with E-state index in [0.717, 1.165) is 16.9 Å². The maximum absolute atomic E-state index is 12.5. The zero-order chi connectivity index (χ0) is 24.0. The van der Waals surface area contributed by atoms with Gasteiger partial charge in [0.25, 0.3) is 5.91 Å². The number of hydrogen-bond donors (Lipinski definition) is 1. The van der Waals surface area contributed by atoms with Gasteiger partial charge in [0.1, 0.15) is 0 Å². The van der Waals surface area contributed by atoms with Gasteiger partial charge in [-0.05, 0) is 65.0 Å². The first-order valence-corrected chi connectivity index (χ1v) is 10.8. The number of amides is 1. The number of rotatable bonds is 9. The first-order valence-electron chi connectivity index (χ1n) is 10.8. The Hall–Kier alpha value is -3.81. The van der Waals surface area contributed by atoms with Crippen LogP contribution in [0, 0.1) is 20.8 Å². The Bertz CT molecular complexity index is 1140. The number of ether oxygens (including phenoxy) is 3. The van der Waals surface area contributed by atoms with Crippen LogP contribution < -0.4 is 14.8 Å². The van der Waals surface area contributed by atoms with E-state index in [2.05, 4.69) is 10.4 Å². The summed E-state index contributed by atoms with van der Waals surface area (Å²) in [7, 11) is 0. The molecule has 1 heterocycles. The van der Waals surface area contributed by atoms with Crippen molar-refractivity contribution in [3.05, 3.63) is 65.0 Å². The fourth-order valence-electron chi connectivity index (χ4n) is 3.33. The lowest BCUT2D eigenvalue weighted by molar-refractivity contribution is -0.119. The van der Waals surface area contributed by atoms with Gasteiger partial charge in [-0.15, -0.1) is 0 Å². The lowest BCUT2D eigenvalue weighted by atomic mass is 10.2. The summed E-state index contributed by atoms with van der Waals surface area (Å²) in [6, 6.07) is 12.7. The predicted octanol–water partition coefficient (Wildman–Crippen LogP) is 4.39. The third-order valence-electron chi connectivity index (χ3n) is 4.95. The van der Waals surface area contributed by atoms with Gasteiger partial charge < -0.3 is 19.5 Å². The summed E-state index contributed by atoms with van der Waals surface area (Å²) in [5.41, 5.74) is 4.36. The highest BCUT2D eigenvalue weighted by atomic mass is 16.5. The predicted molar refractivity (Wildman–Crippen MR) is 125 cm³/mol. The lowest BCUT2D eigenvalue weighted by Gasteiger charge is -2.12. The Morgan fingerprint density at radius 3 is 2.27 bits per heavy atom. The van der Waals surface area contributed by atoms with Crippen LogP contribution in [0.4, 0.5) is 5.69 Å². The molecule has 0 unspecified atom stereocenters. The second kappa shape index (κ2) is 10.7. The zero-order valence-electron chi connectivity index (χ0n) is 19.6. The van der Waals surface area contributed by atoms with Gasteiger partial charge in [-0.25, -0.2) is 9.48 Å². The summed E-state index contributed by atoms with van der Waals surface area (Å²) in [4.78, 5) is 24.9. The van der Waals surface area contributed by atoms with Crippen molar-refractivity contribution < 1.29 is 23.8 Å². The molecule has 0 aliphatic carbocycles. The number of aryl methyl sites for hydroxylation is 2. The summed E-state index contributed by atoms with van der Waals surface area (Å²) in [6.45, 7) is 9.89. The van der Waals surface area contributed by atoms with Gasteiger partial charge in [-0.3, -0.25) is 4.79 Å². The van der Waals surface area contributed by atoms with E-state index >= 15 is 0 Å². The van der Waals surface area contributed by atoms with Gasteiger partial charge >= 0.3 is 5.97 Å². The molecule has 0 radical (unpaired) electrons. The van der Waals surface area contributed by atoms with E-state index in [9.17, 15) is 9.59 Å². The molecule has 8 nitrogen and oxygen atoms in total. The monoisotopic (exact) mass is 451 g/mol. The molecular formula is C25H29N3O5. The van der Waals surface area contributed by atoms with Crippen LogP contribution in [0.25, 0.3) is 5.69 Å². The van der Waals surface area contributed by atoms with Crippen molar-refractivity contribution in [2.24, 2.45) is 0 Å². The Labute approximate surface area is 193 Å². The number of nitrogens with zero attached hydrogens (tertiary/aromatic N) is 2. The number of anilines is 1. The minimum Gasteiger partial charge on any atom is -0.490 e. The molecule has 0 spiro atoms. The van der Waals surface area contributed by atoms with Crippen molar-refractivity contribution in [3.63, 3.8) is 0 Å². The minimum absolute atomic E-state index is 0.272. The summed E-state index contributed by atoms with van der Waals surface area (Å²) in [5.74, 6) is -0.0786. The maximum Gasteiger partial charge on any atom is 0.338 e. The third-order valence-corrected chi connectivity index (χ3v) is 4.95. The van der Waals surface area contributed by atoms with Crippen molar-refractivity contribution in [2.75, 3.05) is 25.1 Å². The van der Waals surface area contributed by atoms with Gasteiger partial charge in [0.05, 0.1) is 41.5 Å². The van der Waals surface area contributed by atoms with E-state index in [-0.39, 0.29) is 5.56 Å². The average molecular weight is 452 g/mol. The van der Waals surface area contributed by atoms with Crippen LogP contribution in [0.3, 0.4) is 0 Å². The number of aromatic nitrogens is 2. The Balaban J connectivity index is 1.65. The second-order valence-corrected chi connectivity index (χ2v) is 7.45. The molecule has 3 aromatic rings. The van der Waals surface area contributed by atoms with E-state index in [1.165, 1.54) is 0 Å². The van der Waals surface area contributed by atoms with Gasteiger partial charge in [-0.2, -0.15) is 5.10 Å². The quantitative estimate of drug-likeness (QED) is 0.485. The van der Waals surface area contributed by atoms with E-state index in [1.54, 1.807) is 22.9 Å². The fourth-order valence-corrected chi connectivity index (χ4v) is 3.33. The molecule has 33 heavy (non-hydrogen) atoms. The van der Waals surface area contributed by atoms with E-state index < -0.39 is 18.5 Å². The second-order valence-electron chi connectivity index (χ2n) is 7.45. The fraction of sp³-hybridized carbons (Fsp3) is 0.320. The van der Waals surface area contributed by atoms with Crippen LogP contribution in [0.5, 0.6) is 11.5 Å². The standard InChI is InChI=1S/C25H29N3O5/c1-6-31-21-13-10-19(14-22(21)32-7-2)25(30)33-15-23(29)26-24-17(4)27-28(18(24)5)20-11-8-16(3)9-12-20/h8-14H,6-7,15H2,1-5H3,(H,26,29). The molecule has 1 amide bonds. The van der Waals surface area contributed by atoms with Crippen molar-refractivity contribution in [2.45, 2.75) is 34.6 Å². The SMILES string of the molecule is CCOc1ccc(C(=O)OCC(=O)Nc2c(C)nn(-c3ccc(C)cc3)c2C)cc1OCC. The Kier molecular flexibility index (Phi) is 7.71. The van der Waals surface area contributed by atoms with Crippen LogP contribution in [-0.4, -0.2) is 41.5 Å². The van der Waals surface area contributed by atoms with Crippen LogP contribution in [0.2, 0.25) is 0 Å². The molecule has 2 aromatic carbocycles. The normalized spacial score (nSPS) is 10.6. The summed E-state index contributed by atoms with van der Waals surface area (Å²) < 4.78 is 18.0. The first kappa shape index (κ1) is 23.8. The molecule has 0 fully saturated rings. The minimum atomic E-state index is -0.627. The van der Waals surface area contributed by atoms with Gasteiger partial charge in [0.2, 0.25) is 0 Å². The molecule has 0 atom stereocenters. The van der Waals surface area contributed by atoms with Gasteiger partial charge in [0.15, 0.2) is 18.1 Å². The molecular weight excluding hydrogens is 422 g/mol. The molecule has 0 saturated carbocycles. The molecule has 174 valence electrons. The molecule has 8 heteroatoms. The van der Waals surface area contributed by atoms with Crippen LogP contribution in [-0.2, 0) is 9.53 Å². The van der Waals surface area contributed by atoms with E-state index in [4.69, 9.17) is 14.2 Å².